The number of aryl methyl sites for hydroxylation is 1. The SMILES string of the molecule is CSC(CO)C(C)NC(=O)c1cc(C)n(-c2cccc(F)c2)n1. The van der Waals surface area contributed by atoms with E-state index in [0.29, 0.717) is 5.69 Å². The van der Waals surface area contributed by atoms with Gasteiger partial charge in [0.05, 0.1) is 12.3 Å². The molecule has 0 aliphatic carbocycles. The van der Waals surface area contributed by atoms with E-state index in [9.17, 15) is 14.3 Å². The Hall–Kier alpha value is -1.86. The maximum Gasteiger partial charge on any atom is 0.272 e. The summed E-state index contributed by atoms with van der Waals surface area (Å²) in [5.41, 5.74) is 1.56. The fourth-order valence-electron chi connectivity index (χ4n) is 2.27. The van der Waals surface area contributed by atoms with Crippen LogP contribution in [0, 0.1) is 12.7 Å². The third kappa shape index (κ3) is 4.11. The number of carbonyl (C=O) groups is 1. The highest BCUT2D eigenvalue weighted by atomic mass is 32.2. The zero-order chi connectivity index (χ0) is 17.0. The molecule has 0 saturated heterocycles. The maximum atomic E-state index is 13.3. The van der Waals surface area contributed by atoms with Crippen molar-refractivity contribution in [2.24, 2.45) is 0 Å². The molecule has 0 radical (unpaired) electrons. The number of thioether (sulfide) groups is 1. The van der Waals surface area contributed by atoms with Crippen molar-refractivity contribution >= 4 is 17.7 Å². The van der Waals surface area contributed by atoms with E-state index in [-0.39, 0.29) is 35.3 Å². The predicted molar refractivity (Wildman–Crippen MR) is 89.6 cm³/mol. The summed E-state index contributed by atoms with van der Waals surface area (Å²) >= 11 is 1.49. The van der Waals surface area contributed by atoms with E-state index in [1.165, 1.54) is 28.6 Å². The van der Waals surface area contributed by atoms with Gasteiger partial charge >= 0.3 is 0 Å². The number of benzene rings is 1. The summed E-state index contributed by atoms with van der Waals surface area (Å²) in [7, 11) is 0. The molecule has 2 rings (SSSR count). The first-order chi connectivity index (χ1) is 11.0. The largest absolute Gasteiger partial charge is 0.395 e. The van der Waals surface area contributed by atoms with Crippen molar-refractivity contribution in [1.82, 2.24) is 15.1 Å². The lowest BCUT2D eigenvalue weighted by atomic mass is 10.2. The molecule has 1 amide bonds. The highest BCUT2D eigenvalue weighted by molar-refractivity contribution is 7.99. The zero-order valence-electron chi connectivity index (χ0n) is 13.3. The van der Waals surface area contributed by atoms with Gasteiger partial charge in [0.1, 0.15) is 5.82 Å². The number of nitrogens with zero attached hydrogens (tertiary/aromatic N) is 2. The molecular weight excluding hydrogens is 317 g/mol. The van der Waals surface area contributed by atoms with Crippen molar-refractivity contribution in [2.75, 3.05) is 12.9 Å². The molecule has 2 aromatic rings. The monoisotopic (exact) mass is 337 g/mol. The third-order valence-corrected chi connectivity index (χ3v) is 4.73. The Bertz CT molecular complexity index is 686. The molecule has 2 unspecified atom stereocenters. The fourth-order valence-corrected chi connectivity index (χ4v) is 2.89. The highest BCUT2D eigenvalue weighted by Gasteiger charge is 2.20. The average Bonchev–Trinajstić information content (AvgIpc) is 2.90. The van der Waals surface area contributed by atoms with Crippen LogP contribution in [0.2, 0.25) is 0 Å². The Kier molecular flexibility index (Phi) is 5.79. The third-order valence-electron chi connectivity index (χ3n) is 3.57. The van der Waals surface area contributed by atoms with Crippen LogP contribution in [-0.2, 0) is 0 Å². The molecule has 0 aliphatic rings. The quantitative estimate of drug-likeness (QED) is 0.848. The van der Waals surface area contributed by atoms with Crippen LogP contribution in [0.4, 0.5) is 4.39 Å². The molecular formula is C16H20FN3O2S. The molecule has 1 aromatic heterocycles. The Balaban J connectivity index is 2.19. The Morgan fingerprint density at radius 2 is 2.22 bits per heavy atom. The summed E-state index contributed by atoms with van der Waals surface area (Å²) in [5.74, 6) is -0.675. The normalized spacial score (nSPS) is 13.6. The molecule has 2 atom stereocenters. The second-order valence-corrected chi connectivity index (χ2v) is 6.36. The Morgan fingerprint density at radius 3 is 2.83 bits per heavy atom. The fraction of sp³-hybridized carbons (Fsp3) is 0.375. The first kappa shape index (κ1) is 17.5. The van der Waals surface area contributed by atoms with Crippen molar-refractivity contribution in [3.8, 4) is 5.69 Å². The molecule has 1 aromatic carbocycles. The van der Waals surface area contributed by atoms with Gasteiger partial charge in [-0.2, -0.15) is 16.9 Å². The number of aromatic nitrogens is 2. The molecule has 1 heterocycles. The van der Waals surface area contributed by atoms with Gasteiger partial charge in [0.2, 0.25) is 0 Å². The molecule has 0 saturated carbocycles. The first-order valence-electron chi connectivity index (χ1n) is 7.23. The summed E-state index contributed by atoms with van der Waals surface area (Å²) < 4.78 is 14.9. The lowest BCUT2D eigenvalue weighted by Crippen LogP contribution is -2.41. The number of hydrogen-bond donors (Lipinski definition) is 2. The van der Waals surface area contributed by atoms with Crippen LogP contribution in [0.1, 0.15) is 23.1 Å². The molecule has 7 heteroatoms. The number of carbonyl (C=O) groups excluding carboxylic acids is 1. The zero-order valence-corrected chi connectivity index (χ0v) is 14.1. The van der Waals surface area contributed by atoms with Gasteiger partial charge in [-0.3, -0.25) is 4.79 Å². The van der Waals surface area contributed by atoms with Crippen LogP contribution in [0.25, 0.3) is 5.69 Å². The minimum atomic E-state index is -0.359. The van der Waals surface area contributed by atoms with E-state index in [1.54, 1.807) is 25.1 Å². The van der Waals surface area contributed by atoms with Crippen molar-refractivity contribution in [3.63, 3.8) is 0 Å². The molecule has 23 heavy (non-hydrogen) atoms. The van der Waals surface area contributed by atoms with Crippen molar-refractivity contribution in [1.29, 1.82) is 0 Å². The summed E-state index contributed by atoms with van der Waals surface area (Å²) in [4.78, 5) is 12.3. The van der Waals surface area contributed by atoms with Crippen molar-refractivity contribution in [3.05, 3.63) is 47.5 Å². The van der Waals surface area contributed by atoms with Gasteiger partial charge in [0, 0.05) is 17.0 Å². The summed E-state index contributed by atoms with van der Waals surface area (Å²) in [6.45, 7) is 3.63. The lowest BCUT2D eigenvalue weighted by Gasteiger charge is -2.20. The Labute approximate surface area is 138 Å². The van der Waals surface area contributed by atoms with Crippen molar-refractivity contribution < 1.29 is 14.3 Å². The van der Waals surface area contributed by atoms with Crippen LogP contribution in [0.5, 0.6) is 0 Å². The van der Waals surface area contributed by atoms with Crippen LogP contribution >= 0.6 is 11.8 Å². The van der Waals surface area contributed by atoms with Crippen molar-refractivity contribution in [2.45, 2.75) is 25.1 Å². The van der Waals surface area contributed by atoms with Gasteiger partial charge in [-0.05, 0) is 44.4 Å². The van der Waals surface area contributed by atoms with Gasteiger partial charge in [0.15, 0.2) is 5.69 Å². The first-order valence-corrected chi connectivity index (χ1v) is 8.52. The number of halogens is 1. The van der Waals surface area contributed by atoms with E-state index in [1.807, 2.05) is 13.2 Å². The topological polar surface area (TPSA) is 67.2 Å². The number of hydrogen-bond acceptors (Lipinski definition) is 4. The maximum absolute atomic E-state index is 13.3. The van der Waals surface area contributed by atoms with E-state index >= 15 is 0 Å². The van der Waals surface area contributed by atoms with Gasteiger partial charge in [0.25, 0.3) is 5.91 Å². The van der Waals surface area contributed by atoms with Gasteiger partial charge in [-0.15, -0.1) is 0 Å². The summed E-state index contributed by atoms with van der Waals surface area (Å²) in [6, 6.07) is 7.50. The highest BCUT2D eigenvalue weighted by Crippen LogP contribution is 2.15. The van der Waals surface area contributed by atoms with Crippen LogP contribution in [0.15, 0.2) is 30.3 Å². The van der Waals surface area contributed by atoms with Gasteiger partial charge < -0.3 is 10.4 Å². The number of aliphatic hydroxyl groups is 1. The van der Waals surface area contributed by atoms with Crippen LogP contribution in [0.3, 0.4) is 0 Å². The Morgan fingerprint density at radius 1 is 1.48 bits per heavy atom. The molecule has 5 nitrogen and oxygen atoms in total. The number of amides is 1. The van der Waals surface area contributed by atoms with Gasteiger partial charge in [-0.1, -0.05) is 6.07 Å². The predicted octanol–water partition coefficient (Wildman–Crippen LogP) is 2.16. The molecule has 0 fully saturated rings. The second-order valence-electron chi connectivity index (χ2n) is 5.28. The van der Waals surface area contributed by atoms with E-state index < -0.39 is 0 Å². The van der Waals surface area contributed by atoms with E-state index in [4.69, 9.17) is 0 Å². The van der Waals surface area contributed by atoms with Crippen LogP contribution in [-0.4, -0.2) is 44.9 Å². The number of rotatable bonds is 6. The summed E-state index contributed by atoms with van der Waals surface area (Å²) in [5, 5.41) is 16.3. The lowest BCUT2D eigenvalue weighted by molar-refractivity contribution is 0.0930. The number of aliphatic hydroxyl groups excluding tert-OH is 1. The minimum absolute atomic E-state index is 0.0145. The van der Waals surface area contributed by atoms with Gasteiger partial charge in [-0.25, -0.2) is 9.07 Å². The molecule has 2 N–H and O–H groups in total. The smallest absolute Gasteiger partial charge is 0.272 e. The van der Waals surface area contributed by atoms with E-state index in [0.717, 1.165) is 5.69 Å². The second kappa shape index (κ2) is 7.61. The standard InChI is InChI=1S/C16H20FN3O2S/c1-10-7-14(16(22)18-11(2)15(9-21)23-3)19-20(10)13-6-4-5-12(17)8-13/h4-8,11,15,21H,9H2,1-3H3,(H,18,22). The molecule has 0 aliphatic heterocycles. The van der Waals surface area contributed by atoms with Crippen LogP contribution < -0.4 is 5.32 Å². The minimum Gasteiger partial charge on any atom is -0.395 e. The summed E-state index contributed by atoms with van der Waals surface area (Å²) in [6.07, 6.45) is 1.88. The molecule has 0 spiro atoms. The average molecular weight is 337 g/mol. The molecule has 0 bridgehead atoms. The number of nitrogens with one attached hydrogen (secondary N) is 1. The van der Waals surface area contributed by atoms with E-state index in [2.05, 4.69) is 10.4 Å². The molecule has 124 valence electrons.